The van der Waals surface area contributed by atoms with Crippen LogP contribution in [-0.4, -0.2) is 18.2 Å². The number of ether oxygens (including phenoxy) is 1. The second-order valence-electron chi connectivity index (χ2n) is 5.44. The molecule has 0 aromatic heterocycles. The molecule has 1 amide bonds. The van der Waals surface area contributed by atoms with Crippen molar-refractivity contribution in [1.29, 1.82) is 0 Å². The van der Waals surface area contributed by atoms with Crippen molar-refractivity contribution >= 4 is 34.6 Å². The van der Waals surface area contributed by atoms with Gasteiger partial charge in [-0.25, -0.2) is 4.99 Å². The molecule has 1 aliphatic heterocycles. The van der Waals surface area contributed by atoms with Gasteiger partial charge >= 0.3 is 0 Å². The van der Waals surface area contributed by atoms with Crippen LogP contribution in [-0.2, 0) is 4.79 Å². The lowest BCUT2D eigenvalue weighted by Crippen LogP contribution is -2.19. The van der Waals surface area contributed by atoms with E-state index >= 15 is 0 Å². The highest BCUT2D eigenvalue weighted by molar-refractivity contribution is 8.18. The molecule has 0 saturated carbocycles. The smallest absolute Gasteiger partial charge is 0.264 e. The maximum Gasteiger partial charge on any atom is 0.264 e. The van der Waals surface area contributed by atoms with Gasteiger partial charge in [0.25, 0.3) is 5.91 Å². The second-order valence-corrected chi connectivity index (χ2v) is 6.47. The Morgan fingerprint density at radius 2 is 1.92 bits per heavy atom. The third kappa shape index (κ3) is 3.36. The maximum absolute atomic E-state index is 12.2. The zero-order valence-electron chi connectivity index (χ0n) is 13.8. The molecule has 0 bridgehead atoms. The summed E-state index contributed by atoms with van der Waals surface area (Å²) in [5, 5.41) is 3.41. The summed E-state index contributed by atoms with van der Waals surface area (Å²) in [4.78, 5) is 17.4. The van der Waals surface area contributed by atoms with Crippen LogP contribution in [0.4, 0.5) is 5.69 Å². The second kappa shape index (κ2) is 6.93. The van der Waals surface area contributed by atoms with E-state index in [1.165, 1.54) is 17.3 Å². The van der Waals surface area contributed by atoms with E-state index in [-0.39, 0.29) is 5.91 Å². The number of carbonyl (C=O) groups is 1. The molecule has 1 N–H and O–H groups in total. The Bertz CT molecular complexity index is 856. The highest BCUT2D eigenvalue weighted by atomic mass is 32.2. The molecule has 5 heteroatoms. The minimum Gasteiger partial charge on any atom is -0.496 e. The normalized spacial score (nSPS) is 17.4. The summed E-state index contributed by atoms with van der Waals surface area (Å²) in [6.07, 6.45) is 1.82. The molecule has 0 radical (unpaired) electrons. The predicted molar refractivity (Wildman–Crippen MR) is 99.7 cm³/mol. The Hall–Kier alpha value is -2.53. The summed E-state index contributed by atoms with van der Waals surface area (Å²) in [5.41, 5.74) is 4.03. The molecular formula is C19H18N2O2S. The predicted octanol–water partition coefficient (Wildman–Crippen LogP) is 4.20. The van der Waals surface area contributed by atoms with Gasteiger partial charge < -0.3 is 10.1 Å². The number of carbonyl (C=O) groups excluding carboxylic acids is 1. The number of aliphatic imine (C=N–C) groups is 1. The lowest BCUT2D eigenvalue weighted by atomic mass is 10.1. The van der Waals surface area contributed by atoms with Crippen molar-refractivity contribution in [2.24, 2.45) is 4.99 Å². The third-order valence-electron chi connectivity index (χ3n) is 3.87. The highest BCUT2D eigenvalue weighted by Crippen LogP contribution is 2.31. The largest absolute Gasteiger partial charge is 0.496 e. The molecule has 1 saturated heterocycles. The van der Waals surface area contributed by atoms with Crippen LogP contribution in [0.3, 0.4) is 0 Å². The number of amidine groups is 1. The number of para-hydroxylation sites is 1. The minimum atomic E-state index is -0.144. The third-order valence-corrected chi connectivity index (χ3v) is 4.78. The van der Waals surface area contributed by atoms with Crippen LogP contribution in [0, 0.1) is 13.8 Å². The molecule has 24 heavy (non-hydrogen) atoms. The van der Waals surface area contributed by atoms with Gasteiger partial charge in [0.2, 0.25) is 0 Å². The standard InChI is InChI=1S/C19H18N2O2S/c1-12-7-6-9-15(13(12)2)20-19-21-18(22)17(24-19)11-14-8-4-5-10-16(14)23-3/h4-11H,1-3H3,(H,20,21,22). The first-order chi connectivity index (χ1) is 11.6. The van der Waals surface area contributed by atoms with Crippen LogP contribution in [0.1, 0.15) is 16.7 Å². The van der Waals surface area contributed by atoms with E-state index in [1.54, 1.807) is 7.11 Å². The van der Waals surface area contributed by atoms with Gasteiger partial charge in [-0.05, 0) is 54.9 Å². The minimum absolute atomic E-state index is 0.144. The van der Waals surface area contributed by atoms with Crippen LogP contribution in [0.15, 0.2) is 52.4 Å². The number of benzene rings is 2. The topological polar surface area (TPSA) is 50.7 Å². The van der Waals surface area contributed by atoms with E-state index in [2.05, 4.69) is 10.3 Å². The van der Waals surface area contributed by atoms with E-state index in [4.69, 9.17) is 4.74 Å². The van der Waals surface area contributed by atoms with E-state index in [1.807, 2.05) is 62.4 Å². The molecule has 122 valence electrons. The molecule has 0 aliphatic carbocycles. The molecule has 4 nitrogen and oxygen atoms in total. The summed E-state index contributed by atoms with van der Waals surface area (Å²) in [5.74, 6) is 0.591. The number of hydrogen-bond acceptors (Lipinski definition) is 4. The molecule has 1 aliphatic rings. The number of methoxy groups -OCH3 is 1. The fourth-order valence-corrected chi connectivity index (χ4v) is 3.20. The summed E-state index contributed by atoms with van der Waals surface area (Å²) < 4.78 is 5.33. The summed E-state index contributed by atoms with van der Waals surface area (Å²) in [7, 11) is 1.62. The van der Waals surface area contributed by atoms with Gasteiger partial charge in [0.1, 0.15) is 5.75 Å². The average molecular weight is 338 g/mol. The Labute approximate surface area is 145 Å². The summed E-state index contributed by atoms with van der Waals surface area (Å²) in [6.45, 7) is 4.08. The fraction of sp³-hybridized carbons (Fsp3) is 0.158. The Morgan fingerprint density at radius 1 is 1.12 bits per heavy atom. The van der Waals surface area contributed by atoms with Crippen molar-refractivity contribution in [3.8, 4) is 5.75 Å². The van der Waals surface area contributed by atoms with Crippen molar-refractivity contribution in [2.75, 3.05) is 7.11 Å². The fourth-order valence-electron chi connectivity index (χ4n) is 2.37. The van der Waals surface area contributed by atoms with Crippen LogP contribution in [0.2, 0.25) is 0 Å². The first-order valence-corrected chi connectivity index (χ1v) is 8.39. The van der Waals surface area contributed by atoms with E-state index in [0.717, 1.165) is 22.6 Å². The maximum atomic E-state index is 12.2. The SMILES string of the molecule is COc1ccccc1C=C1SC(=Nc2cccc(C)c2C)NC1=O. The zero-order valence-corrected chi connectivity index (χ0v) is 14.6. The van der Waals surface area contributed by atoms with Gasteiger partial charge in [-0.1, -0.05) is 30.3 Å². The van der Waals surface area contributed by atoms with E-state index in [9.17, 15) is 4.79 Å². The van der Waals surface area contributed by atoms with Crippen molar-refractivity contribution in [3.63, 3.8) is 0 Å². The van der Waals surface area contributed by atoms with Crippen LogP contribution < -0.4 is 10.1 Å². The van der Waals surface area contributed by atoms with Crippen LogP contribution >= 0.6 is 11.8 Å². The zero-order chi connectivity index (χ0) is 17.1. The number of nitrogens with one attached hydrogen (secondary N) is 1. The number of thioether (sulfide) groups is 1. The van der Waals surface area contributed by atoms with Gasteiger partial charge in [-0.15, -0.1) is 0 Å². The Kier molecular flexibility index (Phi) is 4.71. The lowest BCUT2D eigenvalue weighted by molar-refractivity contribution is -0.115. The van der Waals surface area contributed by atoms with Crippen molar-refractivity contribution < 1.29 is 9.53 Å². The quantitative estimate of drug-likeness (QED) is 0.853. The van der Waals surface area contributed by atoms with Crippen LogP contribution in [0.25, 0.3) is 6.08 Å². The van der Waals surface area contributed by atoms with Crippen molar-refractivity contribution in [2.45, 2.75) is 13.8 Å². The van der Waals surface area contributed by atoms with E-state index in [0.29, 0.717) is 10.1 Å². The summed E-state index contributed by atoms with van der Waals surface area (Å²) >= 11 is 1.34. The first-order valence-electron chi connectivity index (χ1n) is 7.57. The highest BCUT2D eigenvalue weighted by Gasteiger charge is 2.24. The molecule has 3 rings (SSSR count). The first kappa shape index (κ1) is 16.3. The molecular weight excluding hydrogens is 320 g/mol. The van der Waals surface area contributed by atoms with Crippen molar-refractivity contribution in [3.05, 3.63) is 64.1 Å². The molecule has 1 fully saturated rings. The van der Waals surface area contributed by atoms with Gasteiger partial charge in [-0.2, -0.15) is 0 Å². The van der Waals surface area contributed by atoms with Gasteiger partial charge in [0.15, 0.2) is 5.17 Å². The molecule has 0 spiro atoms. The van der Waals surface area contributed by atoms with Gasteiger partial charge in [-0.3, -0.25) is 4.79 Å². The molecule has 2 aromatic rings. The van der Waals surface area contributed by atoms with Gasteiger partial charge in [0, 0.05) is 5.56 Å². The number of amides is 1. The molecule has 0 atom stereocenters. The Balaban J connectivity index is 1.90. The number of aryl methyl sites for hydroxylation is 1. The average Bonchev–Trinajstić information content (AvgIpc) is 2.92. The monoisotopic (exact) mass is 338 g/mol. The van der Waals surface area contributed by atoms with E-state index < -0.39 is 0 Å². The number of nitrogens with zero attached hydrogens (tertiary/aromatic N) is 1. The van der Waals surface area contributed by atoms with Gasteiger partial charge in [0.05, 0.1) is 17.7 Å². The molecule has 0 unspecified atom stereocenters. The Morgan fingerprint density at radius 3 is 2.71 bits per heavy atom. The summed E-state index contributed by atoms with van der Waals surface area (Å²) in [6, 6.07) is 13.6. The molecule has 2 aromatic carbocycles. The number of hydrogen-bond donors (Lipinski definition) is 1. The number of rotatable bonds is 3. The lowest BCUT2D eigenvalue weighted by Gasteiger charge is -2.04. The van der Waals surface area contributed by atoms with Crippen molar-refractivity contribution in [1.82, 2.24) is 5.32 Å². The molecule has 1 heterocycles. The van der Waals surface area contributed by atoms with Crippen LogP contribution in [0.5, 0.6) is 5.75 Å².